The summed E-state index contributed by atoms with van der Waals surface area (Å²) in [7, 11) is 1.73. The van der Waals surface area contributed by atoms with Gasteiger partial charge in [-0.15, -0.1) is 5.10 Å². The van der Waals surface area contributed by atoms with Crippen LogP contribution in [0.25, 0.3) is 0 Å². The van der Waals surface area contributed by atoms with Gasteiger partial charge in [-0.05, 0) is 22.6 Å². The number of hydrogen-bond acceptors (Lipinski definition) is 4. The molecule has 84 valence electrons. The summed E-state index contributed by atoms with van der Waals surface area (Å²) in [6.07, 6.45) is 0. The molecule has 2 rings (SSSR count). The summed E-state index contributed by atoms with van der Waals surface area (Å²) >= 11 is 7.24. The fraction of sp³-hybridized carbons (Fsp3) is 0.222. The Bertz CT molecular complexity index is 482. The minimum absolute atomic E-state index is 0.310. The quantitative estimate of drug-likeness (QED) is 0.793. The molecule has 0 aliphatic heterocycles. The molecule has 0 saturated carbocycles. The van der Waals surface area contributed by atoms with Gasteiger partial charge >= 0.3 is 0 Å². The molecule has 0 unspecified atom stereocenters. The number of thioether (sulfide) groups is 1. The van der Waals surface area contributed by atoms with Crippen molar-refractivity contribution in [1.29, 1.82) is 0 Å². The number of hydrogen-bond donors (Lipinski definition) is 0. The van der Waals surface area contributed by atoms with Crippen LogP contribution < -0.4 is 0 Å². The Labute approximate surface area is 101 Å². The predicted octanol–water partition coefficient (Wildman–Crippen LogP) is 2.29. The summed E-state index contributed by atoms with van der Waals surface area (Å²) in [5.74, 6) is 0.0924. The largest absolute Gasteiger partial charge is 0.224 e. The van der Waals surface area contributed by atoms with Gasteiger partial charge in [-0.3, -0.25) is 0 Å². The van der Waals surface area contributed by atoms with E-state index in [0.29, 0.717) is 21.5 Å². The third-order valence-corrected chi connectivity index (χ3v) is 3.38. The summed E-state index contributed by atoms with van der Waals surface area (Å²) in [4.78, 5) is 0. The van der Waals surface area contributed by atoms with E-state index in [-0.39, 0.29) is 5.82 Å². The zero-order valence-electron chi connectivity index (χ0n) is 8.39. The first-order chi connectivity index (χ1) is 7.68. The number of tetrazole rings is 1. The van der Waals surface area contributed by atoms with Crippen molar-refractivity contribution < 1.29 is 4.39 Å². The van der Waals surface area contributed by atoms with E-state index >= 15 is 0 Å². The maximum atomic E-state index is 13.4. The van der Waals surface area contributed by atoms with Crippen LogP contribution in [0.1, 0.15) is 5.56 Å². The monoisotopic (exact) mass is 258 g/mol. The second kappa shape index (κ2) is 4.80. The predicted molar refractivity (Wildman–Crippen MR) is 59.8 cm³/mol. The fourth-order valence-corrected chi connectivity index (χ4v) is 2.34. The van der Waals surface area contributed by atoms with E-state index in [1.54, 1.807) is 19.2 Å². The Morgan fingerprint density at radius 2 is 2.31 bits per heavy atom. The van der Waals surface area contributed by atoms with E-state index in [1.165, 1.54) is 22.5 Å². The number of nitrogens with zero attached hydrogens (tertiary/aromatic N) is 4. The number of benzene rings is 1. The van der Waals surface area contributed by atoms with Gasteiger partial charge in [0.1, 0.15) is 5.82 Å². The van der Waals surface area contributed by atoms with Crippen LogP contribution in [-0.4, -0.2) is 20.2 Å². The highest BCUT2D eigenvalue weighted by Crippen LogP contribution is 2.26. The Balaban J connectivity index is 2.14. The third-order valence-electron chi connectivity index (χ3n) is 1.99. The second-order valence-corrected chi connectivity index (χ2v) is 4.42. The van der Waals surface area contributed by atoms with Gasteiger partial charge in [-0.1, -0.05) is 29.4 Å². The Morgan fingerprint density at radius 1 is 1.50 bits per heavy atom. The molecule has 0 N–H and O–H groups in total. The van der Waals surface area contributed by atoms with Gasteiger partial charge in [0.05, 0.1) is 0 Å². The van der Waals surface area contributed by atoms with Gasteiger partial charge < -0.3 is 0 Å². The molecule has 1 aromatic heterocycles. The summed E-state index contributed by atoms with van der Waals surface area (Å²) in [5, 5.41) is 12.0. The molecule has 2 aromatic rings. The van der Waals surface area contributed by atoms with Gasteiger partial charge in [-0.25, -0.2) is 9.07 Å². The molecule has 16 heavy (non-hydrogen) atoms. The topological polar surface area (TPSA) is 43.6 Å². The minimum Gasteiger partial charge on any atom is -0.224 e. The highest BCUT2D eigenvalue weighted by atomic mass is 35.5. The van der Waals surface area contributed by atoms with Crippen molar-refractivity contribution in [3.05, 3.63) is 34.6 Å². The molecule has 1 aromatic carbocycles. The van der Waals surface area contributed by atoms with Gasteiger partial charge in [-0.2, -0.15) is 0 Å². The molecule has 0 amide bonds. The number of rotatable bonds is 3. The molecule has 0 radical (unpaired) electrons. The van der Waals surface area contributed by atoms with Gasteiger partial charge in [0.25, 0.3) is 0 Å². The molecule has 7 heteroatoms. The molecule has 0 fully saturated rings. The maximum Gasteiger partial charge on any atom is 0.209 e. The van der Waals surface area contributed by atoms with Crippen molar-refractivity contribution in [1.82, 2.24) is 20.2 Å². The first kappa shape index (κ1) is 11.3. The van der Waals surface area contributed by atoms with Gasteiger partial charge in [0.2, 0.25) is 5.16 Å². The molecule has 0 bridgehead atoms. The molecule has 0 saturated heterocycles. The molecule has 1 heterocycles. The summed E-state index contributed by atoms with van der Waals surface area (Å²) in [6.45, 7) is 0. The van der Waals surface area contributed by atoms with E-state index < -0.39 is 0 Å². The lowest BCUT2D eigenvalue weighted by Crippen LogP contribution is -1.95. The Morgan fingerprint density at radius 3 is 2.94 bits per heavy atom. The second-order valence-electron chi connectivity index (χ2n) is 3.07. The number of halogens is 2. The molecular formula is C9H8ClFN4S. The van der Waals surface area contributed by atoms with Crippen LogP contribution in [0.4, 0.5) is 4.39 Å². The summed E-state index contributed by atoms with van der Waals surface area (Å²) < 4.78 is 15.0. The van der Waals surface area contributed by atoms with Gasteiger partial charge in [0, 0.05) is 23.4 Å². The summed E-state index contributed by atoms with van der Waals surface area (Å²) in [5.41, 5.74) is 0.470. The average Bonchev–Trinajstić information content (AvgIpc) is 2.64. The summed E-state index contributed by atoms with van der Waals surface area (Å²) in [6, 6.07) is 4.63. The molecule has 0 aliphatic rings. The first-order valence-electron chi connectivity index (χ1n) is 4.46. The number of aromatic nitrogens is 4. The lowest BCUT2D eigenvalue weighted by Gasteiger charge is -2.04. The number of aryl methyl sites for hydroxylation is 1. The van der Waals surface area contributed by atoms with Crippen LogP contribution in [0.5, 0.6) is 0 Å². The van der Waals surface area contributed by atoms with Crippen molar-refractivity contribution in [2.45, 2.75) is 10.9 Å². The molecular weight excluding hydrogens is 251 g/mol. The maximum absolute atomic E-state index is 13.4. The highest BCUT2D eigenvalue weighted by Gasteiger charge is 2.09. The normalized spacial score (nSPS) is 10.7. The van der Waals surface area contributed by atoms with E-state index in [2.05, 4.69) is 15.5 Å². The van der Waals surface area contributed by atoms with E-state index in [0.717, 1.165) is 0 Å². The van der Waals surface area contributed by atoms with E-state index in [9.17, 15) is 4.39 Å². The smallest absolute Gasteiger partial charge is 0.209 e. The van der Waals surface area contributed by atoms with Crippen molar-refractivity contribution in [2.24, 2.45) is 7.05 Å². The minimum atomic E-state index is -0.310. The van der Waals surface area contributed by atoms with Crippen LogP contribution >= 0.6 is 23.4 Å². The Hall–Kier alpha value is -1.14. The standard InChI is InChI=1S/C9H8ClFN4S/c1-15-9(12-13-14-15)16-5-6-7(10)3-2-4-8(6)11/h2-4H,5H2,1H3. The van der Waals surface area contributed by atoms with Crippen LogP contribution in [0.15, 0.2) is 23.4 Å². The van der Waals surface area contributed by atoms with Gasteiger partial charge in [0.15, 0.2) is 0 Å². The lowest BCUT2D eigenvalue weighted by atomic mass is 10.2. The molecule has 4 nitrogen and oxygen atoms in total. The van der Waals surface area contributed by atoms with Crippen molar-refractivity contribution in [3.8, 4) is 0 Å². The van der Waals surface area contributed by atoms with Crippen molar-refractivity contribution in [2.75, 3.05) is 0 Å². The van der Waals surface area contributed by atoms with Crippen LogP contribution in [-0.2, 0) is 12.8 Å². The van der Waals surface area contributed by atoms with Crippen LogP contribution in [0.3, 0.4) is 0 Å². The highest BCUT2D eigenvalue weighted by molar-refractivity contribution is 7.98. The average molecular weight is 259 g/mol. The molecule has 0 aliphatic carbocycles. The molecule has 0 spiro atoms. The van der Waals surface area contributed by atoms with Crippen molar-refractivity contribution >= 4 is 23.4 Å². The Kier molecular flexibility index (Phi) is 3.40. The van der Waals surface area contributed by atoms with Crippen LogP contribution in [0, 0.1) is 5.82 Å². The van der Waals surface area contributed by atoms with E-state index in [1.807, 2.05) is 0 Å². The third kappa shape index (κ3) is 2.33. The SMILES string of the molecule is Cn1nnnc1SCc1c(F)cccc1Cl. The lowest BCUT2D eigenvalue weighted by molar-refractivity contribution is 0.617. The van der Waals surface area contributed by atoms with Crippen LogP contribution in [0.2, 0.25) is 5.02 Å². The fourth-order valence-electron chi connectivity index (χ4n) is 1.15. The first-order valence-corrected chi connectivity index (χ1v) is 5.83. The zero-order chi connectivity index (χ0) is 11.5. The molecule has 0 atom stereocenters. The van der Waals surface area contributed by atoms with Crippen molar-refractivity contribution in [3.63, 3.8) is 0 Å². The van der Waals surface area contributed by atoms with E-state index in [4.69, 9.17) is 11.6 Å². The zero-order valence-corrected chi connectivity index (χ0v) is 9.96.